The van der Waals surface area contributed by atoms with E-state index in [4.69, 9.17) is 5.11 Å². The molecule has 0 fully saturated rings. The maximum Gasteiger partial charge on any atom is 0.354 e. The number of carbonyl (C=O) groups is 1. The number of rotatable bonds is 1. The van der Waals surface area contributed by atoms with Gasteiger partial charge in [0.2, 0.25) is 0 Å². The van der Waals surface area contributed by atoms with Crippen molar-refractivity contribution in [3.05, 3.63) is 30.1 Å². The maximum atomic E-state index is 10.6. The summed E-state index contributed by atoms with van der Waals surface area (Å²) < 4.78 is 0. The molecule has 1 heterocycles. The maximum absolute atomic E-state index is 10.6. The zero-order valence-electron chi connectivity index (χ0n) is 7.91. The Morgan fingerprint density at radius 2 is 1.94 bits per heavy atom. The fraction of sp³-hybridized carbons (Fsp3) is 0. The number of fused-ring (bicyclic) bond motifs is 1. The minimum atomic E-state index is -1.13. The first-order chi connectivity index (χ1) is 7.09. The molecule has 0 amide bonds. The number of carboxylic acids is 1. The van der Waals surface area contributed by atoms with Crippen LogP contribution in [0.5, 0.6) is 11.5 Å². The highest BCUT2D eigenvalue weighted by Crippen LogP contribution is 2.32. The number of benzene rings is 1. The van der Waals surface area contributed by atoms with Gasteiger partial charge in [0.15, 0.2) is 11.5 Å². The van der Waals surface area contributed by atoms with Crippen LogP contribution in [0.2, 0.25) is 0 Å². The van der Waals surface area contributed by atoms with E-state index in [9.17, 15) is 15.0 Å². The lowest BCUT2D eigenvalue weighted by Crippen LogP contribution is -1.99. The Balaban J connectivity index is 0.00000128. The first-order valence-electron chi connectivity index (χ1n) is 4.13. The van der Waals surface area contributed by atoms with Crippen molar-refractivity contribution in [2.75, 3.05) is 0 Å². The van der Waals surface area contributed by atoms with Gasteiger partial charge in [0, 0.05) is 11.6 Å². The summed E-state index contributed by atoms with van der Waals surface area (Å²) in [4.78, 5) is 14.3. The average molecular weight is 242 g/mol. The Hall–Kier alpha value is -2.01. The molecule has 1 aromatic heterocycles. The van der Waals surface area contributed by atoms with Crippen LogP contribution in [0.4, 0.5) is 0 Å². The zero-order valence-corrected chi connectivity index (χ0v) is 8.73. The first-order valence-corrected chi connectivity index (χ1v) is 4.13. The first kappa shape index (κ1) is 12.1. The van der Waals surface area contributed by atoms with Crippen LogP contribution in [0.15, 0.2) is 24.4 Å². The number of halogens is 1. The van der Waals surface area contributed by atoms with Crippen LogP contribution in [-0.4, -0.2) is 26.3 Å². The van der Waals surface area contributed by atoms with Crippen molar-refractivity contribution in [1.82, 2.24) is 4.98 Å². The van der Waals surface area contributed by atoms with E-state index >= 15 is 0 Å². The molecule has 0 saturated carbocycles. The molecular formula is C10H8ClNO4. The lowest BCUT2D eigenvalue weighted by atomic mass is 10.1. The van der Waals surface area contributed by atoms with Gasteiger partial charge in [-0.05, 0) is 17.5 Å². The number of phenols is 2. The molecule has 5 nitrogen and oxygen atoms in total. The Labute approximate surface area is 96.4 Å². The predicted molar refractivity (Wildman–Crippen MR) is 59.3 cm³/mol. The van der Waals surface area contributed by atoms with Crippen LogP contribution in [0, 0.1) is 0 Å². The molecule has 0 aliphatic heterocycles. The van der Waals surface area contributed by atoms with Crippen LogP contribution < -0.4 is 0 Å². The standard InChI is InChI=1S/C10H7NO4.ClH/c12-8-2-1-5-3-7(10(14)15)11-4-6(5)9(8)13;/h1-4,12-13H,(H,14,15);1H. The molecule has 2 aromatic rings. The summed E-state index contributed by atoms with van der Waals surface area (Å²) in [6.45, 7) is 0. The van der Waals surface area contributed by atoms with Crippen molar-refractivity contribution in [2.45, 2.75) is 0 Å². The van der Waals surface area contributed by atoms with Crippen LogP contribution in [0.3, 0.4) is 0 Å². The lowest BCUT2D eigenvalue weighted by molar-refractivity contribution is 0.0690. The van der Waals surface area contributed by atoms with E-state index < -0.39 is 5.97 Å². The predicted octanol–water partition coefficient (Wildman–Crippen LogP) is 1.77. The molecule has 1 aromatic carbocycles. The SMILES string of the molecule is Cl.O=C(O)c1cc2ccc(O)c(O)c2cn1. The van der Waals surface area contributed by atoms with Crippen molar-refractivity contribution in [3.63, 3.8) is 0 Å². The van der Waals surface area contributed by atoms with Crippen LogP contribution in [-0.2, 0) is 0 Å². The summed E-state index contributed by atoms with van der Waals surface area (Å²) in [5, 5.41) is 28.2. The molecule has 84 valence electrons. The zero-order chi connectivity index (χ0) is 11.0. The molecule has 0 saturated heterocycles. The Morgan fingerprint density at radius 1 is 1.25 bits per heavy atom. The fourth-order valence-corrected chi connectivity index (χ4v) is 1.31. The van der Waals surface area contributed by atoms with Crippen molar-refractivity contribution in [2.24, 2.45) is 0 Å². The van der Waals surface area contributed by atoms with Crippen molar-refractivity contribution < 1.29 is 20.1 Å². The highest BCUT2D eigenvalue weighted by Gasteiger charge is 2.09. The summed E-state index contributed by atoms with van der Waals surface area (Å²) >= 11 is 0. The van der Waals surface area contributed by atoms with Gasteiger partial charge in [-0.25, -0.2) is 9.78 Å². The van der Waals surface area contributed by atoms with E-state index in [2.05, 4.69) is 4.98 Å². The molecule has 0 aliphatic rings. The third-order valence-corrected chi connectivity index (χ3v) is 2.07. The van der Waals surface area contributed by atoms with E-state index in [1.807, 2.05) is 0 Å². The number of aromatic nitrogens is 1. The third-order valence-electron chi connectivity index (χ3n) is 2.07. The second-order valence-electron chi connectivity index (χ2n) is 3.03. The minimum absolute atomic E-state index is 0. The highest BCUT2D eigenvalue weighted by molar-refractivity contribution is 5.95. The molecular weight excluding hydrogens is 234 g/mol. The summed E-state index contributed by atoms with van der Waals surface area (Å²) in [5.74, 6) is -1.69. The second kappa shape index (κ2) is 4.24. The van der Waals surface area contributed by atoms with Gasteiger partial charge in [0.25, 0.3) is 0 Å². The topological polar surface area (TPSA) is 90.7 Å². The van der Waals surface area contributed by atoms with Gasteiger partial charge in [-0.3, -0.25) is 0 Å². The molecule has 16 heavy (non-hydrogen) atoms. The van der Waals surface area contributed by atoms with Crippen molar-refractivity contribution in [3.8, 4) is 11.5 Å². The monoisotopic (exact) mass is 241 g/mol. The molecule has 0 atom stereocenters. The van der Waals surface area contributed by atoms with Crippen LogP contribution >= 0.6 is 12.4 Å². The van der Waals surface area contributed by atoms with E-state index in [0.717, 1.165) is 0 Å². The van der Waals surface area contributed by atoms with Gasteiger partial charge in [-0.15, -0.1) is 12.4 Å². The van der Waals surface area contributed by atoms with Crippen LogP contribution in [0.25, 0.3) is 10.8 Å². The normalized spacial score (nSPS) is 9.75. The summed E-state index contributed by atoms with van der Waals surface area (Å²) in [7, 11) is 0. The summed E-state index contributed by atoms with van der Waals surface area (Å²) in [6, 6.07) is 4.14. The molecule has 0 bridgehead atoms. The Kier molecular flexibility index (Phi) is 3.20. The average Bonchev–Trinajstić information content (AvgIpc) is 2.23. The van der Waals surface area contributed by atoms with Gasteiger partial charge in [0.05, 0.1) is 0 Å². The molecule has 0 aliphatic carbocycles. The third kappa shape index (κ3) is 1.85. The van der Waals surface area contributed by atoms with E-state index in [1.165, 1.54) is 24.4 Å². The molecule has 3 N–H and O–H groups in total. The number of hydrogen-bond donors (Lipinski definition) is 3. The number of pyridine rings is 1. The molecule has 0 unspecified atom stereocenters. The van der Waals surface area contributed by atoms with E-state index in [0.29, 0.717) is 10.8 Å². The summed E-state index contributed by atoms with van der Waals surface area (Å²) in [5.41, 5.74) is -0.104. The van der Waals surface area contributed by atoms with Crippen molar-refractivity contribution in [1.29, 1.82) is 0 Å². The highest BCUT2D eigenvalue weighted by atomic mass is 35.5. The summed E-state index contributed by atoms with van der Waals surface area (Å²) in [6.07, 6.45) is 1.22. The van der Waals surface area contributed by atoms with Crippen LogP contribution in [0.1, 0.15) is 10.5 Å². The number of aromatic carboxylic acids is 1. The molecule has 0 radical (unpaired) electrons. The Morgan fingerprint density at radius 3 is 2.56 bits per heavy atom. The number of nitrogens with zero attached hydrogens (tertiary/aromatic N) is 1. The van der Waals surface area contributed by atoms with Gasteiger partial charge in [-0.1, -0.05) is 6.07 Å². The number of aromatic hydroxyl groups is 2. The lowest BCUT2D eigenvalue weighted by Gasteiger charge is -2.03. The van der Waals surface area contributed by atoms with Gasteiger partial charge >= 0.3 is 5.97 Å². The van der Waals surface area contributed by atoms with E-state index in [-0.39, 0.29) is 29.6 Å². The minimum Gasteiger partial charge on any atom is -0.504 e. The van der Waals surface area contributed by atoms with Gasteiger partial charge in [-0.2, -0.15) is 0 Å². The Bertz CT molecular complexity index is 556. The van der Waals surface area contributed by atoms with Gasteiger partial charge < -0.3 is 15.3 Å². The smallest absolute Gasteiger partial charge is 0.354 e. The second-order valence-corrected chi connectivity index (χ2v) is 3.03. The quantitative estimate of drug-likeness (QED) is 0.662. The number of phenolic OH excluding ortho intramolecular Hbond substituents is 2. The fourth-order valence-electron chi connectivity index (χ4n) is 1.31. The van der Waals surface area contributed by atoms with Gasteiger partial charge in [0.1, 0.15) is 5.69 Å². The number of carboxylic acid groups (broad SMARTS) is 1. The molecule has 2 rings (SSSR count). The van der Waals surface area contributed by atoms with E-state index in [1.54, 1.807) is 0 Å². The largest absolute Gasteiger partial charge is 0.504 e. The van der Waals surface area contributed by atoms with Crippen molar-refractivity contribution >= 4 is 29.1 Å². The molecule has 0 spiro atoms. The molecule has 6 heteroatoms. The number of hydrogen-bond acceptors (Lipinski definition) is 4.